The Hall–Kier alpha value is -2.70. The molecule has 2 aromatic rings. The van der Waals surface area contributed by atoms with Gasteiger partial charge in [0.05, 0.1) is 23.9 Å². The van der Waals surface area contributed by atoms with Crippen molar-refractivity contribution in [2.75, 3.05) is 13.1 Å². The molecule has 1 aromatic carbocycles. The number of aromatic nitrogens is 2. The highest BCUT2D eigenvalue weighted by Crippen LogP contribution is 2.32. The Morgan fingerprint density at radius 3 is 2.35 bits per heavy atom. The van der Waals surface area contributed by atoms with Crippen LogP contribution < -0.4 is 0 Å². The average Bonchev–Trinajstić information content (AvgIpc) is 3.25. The fraction of sp³-hybridized carbons (Fsp3) is 0.542. The summed E-state index contributed by atoms with van der Waals surface area (Å²) in [7, 11) is 0. The van der Waals surface area contributed by atoms with Crippen LogP contribution in [0.5, 0.6) is 0 Å². The number of amides is 2. The lowest BCUT2D eigenvalue weighted by Gasteiger charge is -2.39. The third-order valence-electron chi connectivity index (χ3n) is 6.85. The van der Waals surface area contributed by atoms with Crippen molar-refractivity contribution in [1.82, 2.24) is 20.0 Å². The highest BCUT2D eigenvalue weighted by Gasteiger charge is 2.34. The number of H-pyrrole nitrogens is 1. The first-order valence-electron chi connectivity index (χ1n) is 11.3. The Morgan fingerprint density at radius 1 is 1.06 bits per heavy atom. The molecule has 6 nitrogen and oxygen atoms in total. The van der Waals surface area contributed by atoms with Crippen LogP contribution in [-0.2, 0) is 11.2 Å². The molecule has 4 rings (SSSR count). The van der Waals surface area contributed by atoms with Gasteiger partial charge >= 0.3 is 0 Å². The summed E-state index contributed by atoms with van der Waals surface area (Å²) in [6.07, 6.45) is 6.77. The normalized spacial score (nSPS) is 22.5. The summed E-state index contributed by atoms with van der Waals surface area (Å²) in [6.45, 7) is 5.54. The van der Waals surface area contributed by atoms with Gasteiger partial charge in [0.25, 0.3) is 5.91 Å². The van der Waals surface area contributed by atoms with Crippen LogP contribution in [0.4, 0.5) is 4.39 Å². The number of halogens is 1. The van der Waals surface area contributed by atoms with Crippen molar-refractivity contribution in [2.24, 2.45) is 0 Å². The van der Waals surface area contributed by atoms with E-state index in [9.17, 15) is 14.0 Å². The van der Waals surface area contributed by atoms with Gasteiger partial charge in [-0.3, -0.25) is 14.7 Å². The molecule has 2 amide bonds. The largest absolute Gasteiger partial charge is 0.342 e. The molecular formula is C24H31FN4O2. The SMILES string of the molecule is C[C@@H]1CCC[C@H](C)N1C(=O)c1cn[nH]c1C1CCN(C(=O)Cc2ccc(F)cc2)CC1. The van der Waals surface area contributed by atoms with Gasteiger partial charge in [-0.15, -0.1) is 0 Å². The van der Waals surface area contributed by atoms with Gasteiger partial charge < -0.3 is 9.80 Å². The zero-order valence-electron chi connectivity index (χ0n) is 18.3. The number of piperidine rings is 2. The minimum atomic E-state index is -0.296. The maximum Gasteiger partial charge on any atom is 0.257 e. The van der Waals surface area contributed by atoms with E-state index < -0.39 is 0 Å². The van der Waals surface area contributed by atoms with Gasteiger partial charge in [-0.1, -0.05) is 12.1 Å². The second-order valence-corrected chi connectivity index (χ2v) is 9.00. The summed E-state index contributed by atoms with van der Waals surface area (Å²) < 4.78 is 13.1. The van der Waals surface area contributed by atoms with Crippen LogP contribution in [0.15, 0.2) is 30.5 Å². The van der Waals surface area contributed by atoms with Gasteiger partial charge in [0.2, 0.25) is 5.91 Å². The molecule has 1 aromatic heterocycles. The van der Waals surface area contributed by atoms with Crippen molar-refractivity contribution >= 4 is 11.8 Å². The molecule has 2 aliphatic rings. The van der Waals surface area contributed by atoms with Gasteiger partial charge in [-0.05, 0) is 63.6 Å². The Kier molecular flexibility index (Phi) is 6.39. The van der Waals surface area contributed by atoms with Gasteiger partial charge in [0, 0.05) is 31.1 Å². The first-order valence-corrected chi connectivity index (χ1v) is 11.3. The molecule has 0 bridgehead atoms. The smallest absolute Gasteiger partial charge is 0.257 e. The molecule has 31 heavy (non-hydrogen) atoms. The Labute approximate surface area is 182 Å². The minimum Gasteiger partial charge on any atom is -0.342 e. The van der Waals surface area contributed by atoms with E-state index in [0.717, 1.165) is 43.4 Å². The topological polar surface area (TPSA) is 69.3 Å². The molecule has 2 fully saturated rings. The molecule has 0 radical (unpaired) electrons. The third-order valence-corrected chi connectivity index (χ3v) is 6.85. The predicted molar refractivity (Wildman–Crippen MR) is 116 cm³/mol. The number of hydrogen-bond donors (Lipinski definition) is 1. The molecule has 2 atom stereocenters. The van der Waals surface area contributed by atoms with E-state index in [1.165, 1.54) is 12.1 Å². The molecule has 3 heterocycles. The molecule has 0 aliphatic carbocycles. The summed E-state index contributed by atoms with van der Waals surface area (Å²) in [5.41, 5.74) is 2.40. The van der Waals surface area contributed by atoms with Crippen LogP contribution in [0.1, 0.15) is 73.5 Å². The summed E-state index contributed by atoms with van der Waals surface area (Å²) in [5.74, 6) is 0.0159. The van der Waals surface area contributed by atoms with Gasteiger partial charge in [-0.2, -0.15) is 5.10 Å². The summed E-state index contributed by atoms with van der Waals surface area (Å²) in [4.78, 5) is 29.9. The van der Waals surface area contributed by atoms with Crippen LogP contribution in [0.2, 0.25) is 0 Å². The lowest BCUT2D eigenvalue weighted by atomic mass is 9.90. The van der Waals surface area contributed by atoms with Crippen LogP contribution in [0, 0.1) is 5.82 Å². The highest BCUT2D eigenvalue weighted by molar-refractivity contribution is 5.95. The summed E-state index contributed by atoms with van der Waals surface area (Å²) >= 11 is 0. The number of carbonyl (C=O) groups is 2. The van der Waals surface area contributed by atoms with E-state index >= 15 is 0 Å². The van der Waals surface area contributed by atoms with Crippen molar-refractivity contribution in [3.8, 4) is 0 Å². The zero-order valence-corrected chi connectivity index (χ0v) is 18.3. The van der Waals surface area contributed by atoms with Crippen LogP contribution in [0.3, 0.4) is 0 Å². The quantitative estimate of drug-likeness (QED) is 0.806. The van der Waals surface area contributed by atoms with E-state index in [1.54, 1.807) is 18.3 Å². The zero-order chi connectivity index (χ0) is 22.0. The summed E-state index contributed by atoms with van der Waals surface area (Å²) in [5, 5.41) is 7.27. The van der Waals surface area contributed by atoms with Crippen LogP contribution in [0.25, 0.3) is 0 Å². The molecule has 2 aliphatic heterocycles. The Balaban J connectivity index is 1.38. The standard InChI is InChI=1S/C24H31FN4O2/c1-16-4-3-5-17(2)29(16)24(31)21-15-26-27-23(21)19-10-12-28(13-11-19)22(30)14-18-6-8-20(25)9-7-18/h6-9,15-17,19H,3-5,10-14H2,1-2H3,(H,26,27)/t16-,17+. The molecule has 0 spiro atoms. The van der Waals surface area contributed by atoms with Crippen LogP contribution in [-0.4, -0.2) is 57.0 Å². The van der Waals surface area contributed by atoms with Gasteiger partial charge in [0.1, 0.15) is 5.82 Å². The van der Waals surface area contributed by atoms with Crippen LogP contribution >= 0.6 is 0 Å². The van der Waals surface area contributed by atoms with E-state index in [0.29, 0.717) is 18.7 Å². The molecule has 0 unspecified atom stereocenters. The molecule has 166 valence electrons. The third kappa shape index (κ3) is 4.65. The number of hydrogen-bond acceptors (Lipinski definition) is 3. The molecule has 7 heteroatoms. The maximum absolute atomic E-state index is 13.3. The second-order valence-electron chi connectivity index (χ2n) is 9.00. The lowest BCUT2D eigenvalue weighted by molar-refractivity contribution is -0.131. The predicted octanol–water partition coefficient (Wildman–Crippen LogP) is 3.90. The average molecular weight is 427 g/mol. The molecule has 0 saturated carbocycles. The van der Waals surface area contributed by atoms with Crippen molar-refractivity contribution < 1.29 is 14.0 Å². The van der Waals surface area contributed by atoms with Gasteiger partial charge in [-0.25, -0.2) is 4.39 Å². The van der Waals surface area contributed by atoms with Crippen molar-refractivity contribution in [2.45, 2.75) is 70.4 Å². The number of likely N-dealkylation sites (tertiary alicyclic amines) is 2. The van der Waals surface area contributed by atoms with Crippen molar-refractivity contribution in [3.05, 3.63) is 53.1 Å². The monoisotopic (exact) mass is 426 g/mol. The number of carbonyl (C=O) groups excluding carboxylic acids is 2. The number of benzene rings is 1. The fourth-order valence-corrected chi connectivity index (χ4v) is 5.04. The molecular weight excluding hydrogens is 395 g/mol. The number of aromatic amines is 1. The minimum absolute atomic E-state index is 0.0573. The summed E-state index contributed by atoms with van der Waals surface area (Å²) in [6, 6.07) is 6.57. The molecule has 1 N–H and O–H groups in total. The van der Waals surface area contributed by atoms with Gasteiger partial charge in [0.15, 0.2) is 0 Å². The van der Waals surface area contributed by atoms with E-state index in [1.807, 2.05) is 9.80 Å². The number of nitrogens with one attached hydrogen (secondary N) is 1. The molecule has 2 saturated heterocycles. The van der Waals surface area contributed by atoms with Crippen molar-refractivity contribution in [1.29, 1.82) is 0 Å². The first-order chi connectivity index (χ1) is 14.9. The van der Waals surface area contributed by atoms with Crippen molar-refractivity contribution in [3.63, 3.8) is 0 Å². The van der Waals surface area contributed by atoms with E-state index in [2.05, 4.69) is 24.0 Å². The fourth-order valence-electron chi connectivity index (χ4n) is 5.04. The Bertz CT molecular complexity index is 908. The Morgan fingerprint density at radius 2 is 1.71 bits per heavy atom. The number of rotatable bonds is 4. The van der Waals surface area contributed by atoms with E-state index in [-0.39, 0.29) is 42.1 Å². The lowest BCUT2D eigenvalue weighted by Crippen LogP contribution is -2.47. The number of nitrogens with zero attached hydrogens (tertiary/aromatic N) is 3. The van der Waals surface area contributed by atoms with E-state index in [4.69, 9.17) is 0 Å². The first kappa shape index (κ1) is 21.5. The maximum atomic E-state index is 13.3. The highest BCUT2D eigenvalue weighted by atomic mass is 19.1. The second kappa shape index (κ2) is 9.20.